The number of hydrogen-bond donors (Lipinski definition) is 1. The molecule has 0 aromatic rings. The predicted molar refractivity (Wildman–Crippen MR) is 177 cm³/mol. The first-order valence-corrected chi connectivity index (χ1v) is 27.4. The standard InChI is InChI=1S/C22H41O2Si.3C4H9.Sn/c1-8-13-14-16-21(23)19(6)17-18-22(20(7)15-9-2)24-25(10-3,11-4)12-5;3*1-3-4-2;/h20-23H,1,6,8-16H2,2-5,7H3;3*1,3-4H2,2H3;. The summed E-state index contributed by atoms with van der Waals surface area (Å²) in [6, 6.07) is 3.42. The molecule has 224 valence electrons. The molecule has 0 spiro atoms. The Hall–Kier alpha value is 0.236. The summed E-state index contributed by atoms with van der Waals surface area (Å²) in [6.45, 7) is 22.6. The van der Waals surface area contributed by atoms with Crippen LogP contribution in [0, 0.1) is 17.8 Å². The van der Waals surface area contributed by atoms with Crippen molar-refractivity contribution in [1.29, 1.82) is 0 Å². The van der Waals surface area contributed by atoms with Crippen LogP contribution in [0.4, 0.5) is 0 Å². The van der Waals surface area contributed by atoms with Gasteiger partial charge in [-0.2, -0.15) is 0 Å². The van der Waals surface area contributed by atoms with Gasteiger partial charge < -0.3 is 0 Å². The fourth-order valence-corrected chi connectivity index (χ4v) is 25.4. The topological polar surface area (TPSA) is 29.5 Å². The Morgan fingerprint density at radius 1 is 0.737 bits per heavy atom. The molecule has 4 heteroatoms. The first-order valence-electron chi connectivity index (χ1n) is 16.8. The van der Waals surface area contributed by atoms with Gasteiger partial charge in [-0.15, -0.1) is 0 Å². The second-order valence-corrected chi connectivity index (χ2v) is 31.3. The van der Waals surface area contributed by atoms with Gasteiger partial charge in [-0.25, -0.2) is 0 Å². The van der Waals surface area contributed by atoms with E-state index in [1.165, 1.54) is 51.4 Å². The summed E-state index contributed by atoms with van der Waals surface area (Å²) in [5, 5.41) is 10.8. The minimum absolute atomic E-state index is 0.0413. The molecule has 3 atom stereocenters. The second-order valence-electron chi connectivity index (χ2n) is 12.3. The van der Waals surface area contributed by atoms with E-state index in [9.17, 15) is 5.11 Å². The zero-order valence-corrected chi connectivity index (χ0v) is 31.1. The maximum atomic E-state index is 10.8. The number of aliphatic hydroxyl groups is 1. The quantitative estimate of drug-likeness (QED) is 0.0637. The molecule has 0 rings (SSSR count). The van der Waals surface area contributed by atoms with E-state index in [1.807, 2.05) is 0 Å². The molecule has 38 heavy (non-hydrogen) atoms. The van der Waals surface area contributed by atoms with Crippen LogP contribution in [0.5, 0.6) is 0 Å². The molecular weight excluding hydrogens is 587 g/mol. The van der Waals surface area contributed by atoms with Crippen molar-refractivity contribution in [3.05, 3.63) is 12.2 Å². The van der Waals surface area contributed by atoms with Crippen molar-refractivity contribution in [1.82, 2.24) is 0 Å². The molecule has 2 nitrogen and oxygen atoms in total. The van der Waals surface area contributed by atoms with Crippen LogP contribution >= 0.6 is 0 Å². The van der Waals surface area contributed by atoms with E-state index in [0.29, 0.717) is 11.5 Å². The molecule has 0 saturated heterocycles. The minimum atomic E-state index is -2.01. The molecule has 0 fully saturated rings. The van der Waals surface area contributed by atoms with E-state index in [0.717, 1.165) is 43.8 Å². The van der Waals surface area contributed by atoms with Crippen LogP contribution in [0.3, 0.4) is 0 Å². The maximum absolute atomic E-state index is 10.8. The number of rotatable bonds is 24. The van der Waals surface area contributed by atoms with Crippen molar-refractivity contribution in [2.24, 2.45) is 5.92 Å². The van der Waals surface area contributed by atoms with Crippen molar-refractivity contribution >= 4 is 26.7 Å². The molecule has 0 amide bonds. The van der Waals surface area contributed by atoms with Gasteiger partial charge in [0.2, 0.25) is 0 Å². The molecule has 1 N–H and O–H groups in total. The Balaban J connectivity index is 5.02. The fraction of sp³-hybridized carbons (Fsp3) is 0.882. The number of aliphatic hydroxyl groups excluding tert-OH is 1. The van der Waals surface area contributed by atoms with Gasteiger partial charge in [0.15, 0.2) is 0 Å². The molecule has 0 bridgehead atoms. The zero-order valence-electron chi connectivity index (χ0n) is 27.2. The molecule has 0 radical (unpaired) electrons. The summed E-state index contributed by atoms with van der Waals surface area (Å²) >= 11 is -2.01. The summed E-state index contributed by atoms with van der Waals surface area (Å²) in [5.74, 6) is 7.11. The van der Waals surface area contributed by atoms with Crippen molar-refractivity contribution in [2.75, 3.05) is 0 Å². The Kier molecular flexibility index (Phi) is 23.0. The van der Waals surface area contributed by atoms with Gasteiger partial charge in [0, 0.05) is 0 Å². The molecule has 0 aromatic carbocycles. The van der Waals surface area contributed by atoms with Crippen molar-refractivity contribution < 1.29 is 9.53 Å². The normalized spacial score (nSPS) is 14.6. The Labute approximate surface area is 245 Å². The van der Waals surface area contributed by atoms with Gasteiger partial charge >= 0.3 is 194 Å². The van der Waals surface area contributed by atoms with Crippen LogP contribution in [0.15, 0.2) is 12.2 Å². The van der Waals surface area contributed by atoms with Crippen molar-refractivity contribution in [2.45, 2.75) is 181 Å². The van der Waals surface area contributed by atoms with Gasteiger partial charge in [-0.3, -0.25) is 0 Å². The zero-order chi connectivity index (χ0) is 28.9. The third kappa shape index (κ3) is 15.3. The summed E-state index contributed by atoms with van der Waals surface area (Å²) in [6.07, 6.45) is 14.7. The van der Waals surface area contributed by atoms with Crippen LogP contribution in [0.1, 0.15) is 132 Å². The van der Waals surface area contributed by atoms with Gasteiger partial charge in [0.05, 0.1) is 0 Å². The number of unbranched alkanes of at least 4 members (excludes halogenated alkanes) is 5. The van der Waals surface area contributed by atoms with Crippen molar-refractivity contribution in [3.63, 3.8) is 0 Å². The molecule has 0 aromatic heterocycles. The van der Waals surface area contributed by atoms with Crippen LogP contribution in [-0.4, -0.2) is 44.0 Å². The first-order chi connectivity index (χ1) is 18.2. The van der Waals surface area contributed by atoms with Gasteiger partial charge in [0.1, 0.15) is 0 Å². The third-order valence-corrected chi connectivity index (χ3v) is 30.0. The van der Waals surface area contributed by atoms with E-state index in [2.05, 4.69) is 73.8 Å². The fourth-order valence-electron chi connectivity index (χ4n) is 6.01. The summed E-state index contributed by atoms with van der Waals surface area (Å²) in [4.78, 5) is 0. The molecule has 3 unspecified atom stereocenters. The summed E-state index contributed by atoms with van der Waals surface area (Å²) in [5.41, 5.74) is 0.682. The Morgan fingerprint density at radius 3 is 1.68 bits per heavy atom. The molecule has 0 heterocycles. The van der Waals surface area contributed by atoms with E-state index >= 15 is 0 Å². The van der Waals surface area contributed by atoms with E-state index in [-0.39, 0.29) is 6.10 Å². The van der Waals surface area contributed by atoms with E-state index in [1.54, 1.807) is 17.7 Å². The third-order valence-electron chi connectivity index (χ3n) is 9.21. The summed E-state index contributed by atoms with van der Waals surface area (Å²) in [7, 11) is -1.73. The SMILES string of the molecule is C=C(C#CC(O[Si](CC)(CC)CC)C(C)CCC)C(O)CCCC[CH2][Sn]([CH2]CCC)([CH2]CCC)[CH2]CCC. The monoisotopic (exact) mass is 656 g/mol. The van der Waals surface area contributed by atoms with E-state index in [4.69, 9.17) is 4.43 Å². The molecule has 0 saturated carbocycles. The van der Waals surface area contributed by atoms with Crippen LogP contribution in [0.2, 0.25) is 35.9 Å². The average Bonchev–Trinajstić information content (AvgIpc) is 2.93. The van der Waals surface area contributed by atoms with Crippen molar-refractivity contribution in [3.8, 4) is 11.8 Å². The average molecular weight is 656 g/mol. The molecule has 0 aliphatic heterocycles. The molecular formula is C34H68O2SiSn. The Bertz CT molecular complexity index is 619. The van der Waals surface area contributed by atoms with E-state index < -0.39 is 32.8 Å². The van der Waals surface area contributed by atoms with Crippen LogP contribution < -0.4 is 0 Å². The van der Waals surface area contributed by atoms with Crippen LogP contribution in [-0.2, 0) is 4.43 Å². The second kappa shape index (κ2) is 22.9. The Morgan fingerprint density at radius 2 is 1.24 bits per heavy atom. The van der Waals surface area contributed by atoms with Crippen LogP contribution in [0.25, 0.3) is 0 Å². The van der Waals surface area contributed by atoms with Gasteiger partial charge in [-0.05, 0) is 18.1 Å². The molecule has 0 aliphatic rings. The number of hydrogen-bond acceptors (Lipinski definition) is 2. The first kappa shape index (κ1) is 38.2. The molecule has 0 aliphatic carbocycles. The summed E-state index contributed by atoms with van der Waals surface area (Å²) < 4.78 is 13.2. The predicted octanol–water partition coefficient (Wildman–Crippen LogP) is 11.1. The van der Waals surface area contributed by atoms with Gasteiger partial charge in [-0.1, -0.05) is 34.1 Å². The van der Waals surface area contributed by atoms with Gasteiger partial charge in [0.25, 0.3) is 0 Å².